The van der Waals surface area contributed by atoms with Crippen molar-refractivity contribution in [2.45, 2.75) is 72.3 Å². The van der Waals surface area contributed by atoms with Gasteiger partial charge in [0.2, 0.25) is 0 Å². The molecule has 2 aliphatic carbocycles. The molecule has 0 heterocycles. The van der Waals surface area contributed by atoms with Gasteiger partial charge < -0.3 is 5.32 Å². The average molecular weight is 223 g/mol. The average Bonchev–Trinajstić information content (AvgIpc) is 2.62. The van der Waals surface area contributed by atoms with Crippen LogP contribution >= 0.6 is 0 Å². The van der Waals surface area contributed by atoms with Crippen molar-refractivity contribution in [2.75, 3.05) is 6.54 Å². The van der Waals surface area contributed by atoms with E-state index in [0.717, 1.165) is 12.0 Å². The molecule has 2 aliphatic rings. The van der Waals surface area contributed by atoms with Crippen LogP contribution < -0.4 is 5.32 Å². The maximum atomic E-state index is 3.78. The van der Waals surface area contributed by atoms with E-state index in [1.165, 1.54) is 45.1 Å². The van der Waals surface area contributed by atoms with E-state index < -0.39 is 0 Å². The van der Waals surface area contributed by atoms with E-state index >= 15 is 0 Å². The maximum Gasteiger partial charge on any atom is 0.0181 e. The van der Waals surface area contributed by atoms with Crippen LogP contribution in [-0.2, 0) is 0 Å². The zero-order valence-corrected chi connectivity index (χ0v) is 11.6. The second-order valence-corrected chi connectivity index (χ2v) is 7.12. The van der Waals surface area contributed by atoms with Crippen molar-refractivity contribution in [1.82, 2.24) is 5.32 Å². The first-order valence-corrected chi connectivity index (χ1v) is 7.19. The Bertz CT molecular complexity index is 222. The fraction of sp³-hybridized carbons (Fsp3) is 1.00. The Morgan fingerprint density at radius 3 is 2.00 bits per heavy atom. The number of hydrogen-bond acceptors (Lipinski definition) is 1. The Morgan fingerprint density at radius 1 is 0.938 bits per heavy atom. The van der Waals surface area contributed by atoms with Crippen LogP contribution in [0.1, 0.15) is 66.2 Å². The van der Waals surface area contributed by atoms with E-state index in [9.17, 15) is 0 Å². The van der Waals surface area contributed by atoms with Gasteiger partial charge in [-0.1, -0.05) is 59.8 Å². The summed E-state index contributed by atoms with van der Waals surface area (Å²) in [5.41, 5.74) is 0.999. The van der Waals surface area contributed by atoms with E-state index in [1.54, 1.807) is 0 Å². The van der Waals surface area contributed by atoms with Gasteiger partial charge in [-0.05, 0) is 29.7 Å². The van der Waals surface area contributed by atoms with Crippen molar-refractivity contribution in [2.24, 2.45) is 16.7 Å². The Balaban J connectivity index is 1.66. The van der Waals surface area contributed by atoms with Gasteiger partial charge >= 0.3 is 0 Å². The van der Waals surface area contributed by atoms with Crippen LogP contribution in [0, 0.1) is 16.7 Å². The van der Waals surface area contributed by atoms with Gasteiger partial charge in [0.25, 0.3) is 0 Å². The van der Waals surface area contributed by atoms with Gasteiger partial charge in [0, 0.05) is 6.04 Å². The molecular formula is C15H29N. The summed E-state index contributed by atoms with van der Waals surface area (Å²) in [5.74, 6) is 1.02. The lowest BCUT2D eigenvalue weighted by Gasteiger charge is -2.21. The molecule has 0 aromatic heterocycles. The van der Waals surface area contributed by atoms with E-state index in [4.69, 9.17) is 0 Å². The van der Waals surface area contributed by atoms with Gasteiger partial charge in [-0.15, -0.1) is 0 Å². The molecule has 0 bridgehead atoms. The maximum absolute atomic E-state index is 3.78. The lowest BCUT2D eigenvalue weighted by Crippen LogP contribution is -2.25. The van der Waals surface area contributed by atoms with Crippen LogP contribution in [0.3, 0.4) is 0 Å². The summed E-state index contributed by atoms with van der Waals surface area (Å²) in [6.07, 6.45) is 8.81. The predicted octanol–water partition coefficient (Wildman–Crippen LogP) is 3.98. The summed E-state index contributed by atoms with van der Waals surface area (Å²) in [6, 6.07) is 0.739. The van der Waals surface area contributed by atoms with Gasteiger partial charge in [0.05, 0.1) is 0 Å². The third kappa shape index (κ3) is 2.16. The second-order valence-electron chi connectivity index (χ2n) is 7.12. The molecule has 1 nitrogen and oxygen atoms in total. The lowest BCUT2D eigenvalue weighted by molar-refractivity contribution is 0.330. The Morgan fingerprint density at radius 2 is 1.50 bits per heavy atom. The minimum Gasteiger partial charge on any atom is -0.313 e. The van der Waals surface area contributed by atoms with Crippen LogP contribution in [0.4, 0.5) is 0 Å². The molecule has 0 saturated heterocycles. The summed E-state index contributed by atoms with van der Waals surface area (Å²) in [6.45, 7) is 10.8. The SMILES string of the molecule is CC1(C)C(NCCC2CCCCC2)C1(C)C. The molecule has 1 N–H and O–H groups in total. The molecule has 2 fully saturated rings. The van der Waals surface area contributed by atoms with Crippen LogP contribution in [0.2, 0.25) is 0 Å². The number of nitrogens with one attached hydrogen (secondary N) is 1. The third-order valence-electron chi connectivity index (χ3n) is 5.65. The molecule has 2 saturated carbocycles. The lowest BCUT2D eigenvalue weighted by atomic mass is 9.87. The van der Waals surface area contributed by atoms with Crippen LogP contribution in [0.15, 0.2) is 0 Å². The molecule has 0 amide bonds. The van der Waals surface area contributed by atoms with E-state index in [0.29, 0.717) is 10.8 Å². The zero-order chi connectivity index (χ0) is 11.8. The smallest absolute Gasteiger partial charge is 0.0181 e. The monoisotopic (exact) mass is 223 g/mol. The van der Waals surface area contributed by atoms with Crippen LogP contribution in [-0.4, -0.2) is 12.6 Å². The first-order valence-electron chi connectivity index (χ1n) is 7.19. The van der Waals surface area contributed by atoms with Gasteiger partial charge in [-0.3, -0.25) is 0 Å². The Hall–Kier alpha value is -0.0400. The highest BCUT2D eigenvalue weighted by Crippen LogP contribution is 2.62. The van der Waals surface area contributed by atoms with Gasteiger partial charge in [-0.25, -0.2) is 0 Å². The highest BCUT2D eigenvalue weighted by molar-refractivity contribution is 5.17. The number of hydrogen-bond donors (Lipinski definition) is 1. The molecule has 0 aromatic rings. The summed E-state index contributed by atoms with van der Waals surface area (Å²) in [7, 11) is 0. The predicted molar refractivity (Wildman–Crippen MR) is 70.5 cm³/mol. The first kappa shape index (κ1) is 12.4. The summed E-state index contributed by atoms with van der Waals surface area (Å²) < 4.78 is 0. The van der Waals surface area contributed by atoms with Crippen molar-refractivity contribution in [3.05, 3.63) is 0 Å². The van der Waals surface area contributed by atoms with Crippen molar-refractivity contribution < 1.29 is 0 Å². The quantitative estimate of drug-likeness (QED) is 0.760. The Kier molecular flexibility index (Phi) is 3.36. The van der Waals surface area contributed by atoms with E-state index in [-0.39, 0.29) is 0 Å². The van der Waals surface area contributed by atoms with Gasteiger partial charge in [-0.2, -0.15) is 0 Å². The van der Waals surface area contributed by atoms with E-state index in [2.05, 4.69) is 33.0 Å². The summed E-state index contributed by atoms with van der Waals surface area (Å²) in [5, 5.41) is 3.78. The molecule has 94 valence electrons. The summed E-state index contributed by atoms with van der Waals surface area (Å²) >= 11 is 0. The fourth-order valence-electron chi connectivity index (χ4n) is 3.61. The molecule has 0 unspecified atom stereocenters. The topological polar surface area (TPSA) is 12.0 Å². The molecule has 0 aromatic carbocycles. The Labute approximate surface area is 101 Å². The van der Waals surface area contributed by atoms with Gasteiger partial charge in [0.1, 0.15) is 0 Å². The number of rotatable bonds is 4. The minimum absolute atomic E-state index is 0.500. The van der Waals surface area contributed by atoms with E-state index in [1.807, 2.05) is 0 Å². The standard InChI is InChI=1S/C15H29N/c1-14(2)13(15(14,3)4)16-11-10-12-8-6-5-7-9-12/h12-13,16H,5-11H2,1-4H3. The van der Waals surface area contributed by atoms with Crippen molar-refractivity contribution in [3.8, 4) is 0 Å². The van der Waals surface area contributed by atoms with Crippen molar-refractivity contribution in [1.29, 1.82) is 0 Å². The third-order valence-corrected chi connectivity index (χ3v) is 5.65. The summed E-state index contributed by atoms with van der Waals surface area (Å²) in [4.78, 5) is 0. The molecule has 0 aliphatic heterocycles. The molecule has 0 atom stereocenters. The normalized spacial score (nSPS) is 29.2. The fourth-order valence-corrected chi connectivity index (χ4v) is 3.61. The second kappa shape index (κ2) is 4.33. The molecule has 16 heavy (non-hydrogen) atoms. The van der Waals surface area contributed by atoms with Crippen molar-refractivity contribution >= 4 is 0 Å². The molecule has 1 heteroatoms. The highest BCUT2D eigenvalue weighted by Gasteiger charge is 2.64. The largest absolute Gasteiger partial charge is 0.313 e. The first-order chi connectivity index (χ1) is 7.46. The molecular weight excluding hydrogens is 194 g/mol. The molecule has 0 spiro atoms. The highest BCUT2D eigenvalue weighted by atomic mass is 15.0. The zero-order valence-electron chi connectivity index (χ0n) is 11.6. The molecule has 2 rings (SSSR count). The van der Waals surface area contributed by atoms with Crippen LogP contribution in [0.25, 0.3) is 0 Å². The van der Waals surface area contributed by atoms with Gasteiger partial charge in [0.15, 0.2) is 0 Å². The van der Waals surface area contributed by atoms with Crippen LogP contribution in [0.5, 0.6) is 0 Å². The molecule has 0 radical (unpaired) electrons. The van der Waals surface area contributed by atoms with Crippen molar-refractivity contribution in [3.63, 3.8) is 0 Å². The minimum atomic E-state index is 0.500.